The SMILES string of the molecule is C[Si](C)(CCC1CCC2OC2C1)C1CCCCC1. The molecule has 0 N–H and O–H groups in total. The average Bonchev–Trinajstić information content (AvgIpc) is 3.16. The van der Waals surface area contributed by atoms with Gasteiger partial charge in [-0.15, -0.1) is 0 Å². The molecule has 0 amide bonds. The number of ether oxygens (including phenoxy) is 1. The van der Waals surface area contributed by atoms with Gasteiger partial charge in [0.2, 0.25) is 0 Å². The Morgan fingerprint density at radius 2 is 1.72 bits per heavy atom. The van der Waals surface area contributed by atoms with Gasteiger partial charge in [-0.2, -0.15) is 0 Å². The Bertz CT molecular complexity index is 283. The van der Waals surface area contributed by atoms with E-state index < -0.39 is 8.07 Å². The van der Waals surface area contributed by atoms with E-state index >= 15 is 0 Å². The summed E-state index contributed by atoms with van der Waals surface area (Å²) in [5, 5.41) is 0. The molecule has 2 aliphatic carbocycles. The van der Waals surface area contributed by atoms with Gasteiger partial charge in [-0.25, -0.2) is 0 Å². The van der Waals surface area contributed by atoms with E-state index in [1.54, 1.807) is 18.9 Å². The first-order valence-electron chi connectivity index (χ1n) is 8.30. The number of fused-ring (bicyclic) bond motifs is 1. The van der Waals surface area contributed by atoms with Gasteiger partial charge in [0.05, 0.1) is 20.3 Å². The molecular weight excluding hydrogens is 236 g/mol. The van der Waals surface area contributed by atoms with Crippen molar-refractivity contribution in [2.75, 3.05) is 0 Å². The van der Waals surface area contributed by atoms with Crippen LogP contribution in [0, 0.1) is 5.92 Å². The van der Waals surface area contributed by atoms with E-state index in [1.165, 1.54) is 44.9 Å². The van der Waals surface area contributed by atoms with Gasteiger partial charge in [-0.1, -0.05) is 57.7 Å². The van der Waals surface area contributed by atoms with Crippen molar-refractivity contribution in [3.63, 3.8) is 0 Å². The van der Waals surface area contributed by atoms with E-state index in [4.69, 9.17) is 4.74 Å². The van der Waals surface area contributed by atoms with Crippen LogP contribution in [0.4, 0.5) is 0 Å². The minimum Gasteiger partial charge on any atom is -0.370 e. The maximum atomic E-state index is 5.67. The highest BCUT2D eigenvalue weighted by atomic mass is 28.3. The fraction of sp³-hybridized carbons (Fsp3) is 1.00. The summed E-state index contributed by atoms with van der Waals surface area (Å²) in [6, 6.07) is 1.58. The fourth-order valence-corrected chi connectivity index (χ4v) is 7.94. The van der Waals surface area contributed by atoms with E-state index in [9.17, 15) is 0 Å². The smallest absolute Gasteiger partial charge is 0.0844 e. The summed E-state index contributed by atoms with van der Waals surface area (Å²) in [5.41, 5.74) is 1.14. The van der Waals surface area contributed by atoms with E-state index in [1.807, 2.05) is 0 Å². The van der Waals surface area contributed by atoms with Crippen molar-refractivity contribution in [2.24, 2.45) is 5.92 Å². The molecule has 0 aromatic carbocycles. The Morgan fingerprint density at radius 1 is 0.944 bits per heavy atom. The van der Waals surface area contributed by atoms with Crippen molar-refractivity contribution in [1.29, 1.82) is 0 Å². The first-order chi connectivity index (χ1) is 8.65. The first-order valence-corrected chi connectivity index (χ1v) is 11.6. The van der Waals surface area contributed by atoms with Crippen LogP contribution in [-0.2, 0) is 4.74 Å². The van der Waals surface area contributed by atoms with Crippen LogP contribution in [0.5, 0.6) is 0 Å². The van der Waals surface area contributed by atoms with Gasteiger partial charge in [0, 0.05) is 0 Å². The van der Waals surface area contributed by atoms with Gasteiger partial charge in [0.1, 0.15) is 0 Å². The zero-order valence-electron chi connectivity index (χ0n) is 12.3. The van der Waals surface area contributed by atoms with E-state index in [0.29, 0.717) is 12.2 Å². The number of epoxide rings is 1. The highest BCUT2D eigenvalue weighted by molar-refractivity contribution is 6.78. The number of hydrogen-bond acceptors (Lipinski definition) is 1. The van der Waals surface area contributed by atoms with Gasteiger partial charge >= 0.3 is 0 Å². The molecule has 0 radical (unpaired) electrons. The molecule has 0 bridgehead atoms. The zero-order valence-corrected chi connectivity index (χ0v) is 13.3. The standard InChI is InChI=1S/C16H30OSi/c1-18(2,14-6-4-3-5-7-14)11-10-13-8-9-15-16(12-13)17-15/h13-16H,3-12H2,1-2H3. The molecule has 3 unspecified atom stereocenters. The van der Waals surface area contributed by atoms with E-state index in [2.05, 4.69) is 13.1 Å². The quantitative estimate of drug-likeness (QED) is 0.516. The highest BCUT2D eigenvalue weighted by Gasteiger charge is 2.44. The lowest BCUT2D eigenvalue weighted by Gasteiger charge is -2.36. The fourth-order valence-electron chi connectivity index (χ4n) is 4.41. The minimum absolute atomic E-state index is 0.684. The van der Waals surface area contributed by atoms with Gasteiger partial charge in [-0.05, 0) is 30.7 Å². The van der Waals surface area contributed by atoms with Crippen molar-refractivity contribution in [3.8, 4) is 0 Å². The topological polar surface area (TPSA) is 12.5 Å². The van der Waals surface area contributed by atoms with Crippen LogP contribution in [-0.4, -0.2) is 20.3 Å². The Hall–Kier alpha value is 0.177. The van der Waals surface area contributed by atoms with Crippen LogP contribution < -0.4 is 0 Å². The normalized spacial score (nSPS) is 37.3. The lowest BCUT2D eigenvalue weighted by atomic mass is 9.87. The molecule has 0 spiro atoms. The Morgan fingerprint density at radius 3 is 2.44 bits per heavy atom. The molecule has 2 heteroatoms. The van der Waals surface area contributed by atoms with Crippen LogP contribution in [0.3, 0.4) is 0 Å². The van der Waals surface area contributed by atoms with Crippen LogP contribution in [0.25, 0.3) is 0 Å². The third kappa shape index (κ3) is 3.01. The van der Waals surface area contributed by atoms with Crippen LogP contribution in [0.1, 0.15) is 57.8 Å². The van der Waals surface area contributed by atoms with Crippen molar-refractivity contribution in [1.82, 2.24) is 0 Å². The average molecular weight is 267 g/mol. The Labute approximate surface area is 114 Å². The van der Waals surface area contributed by atoms with Crippen molar-refractivity contribution >= 4 is 8.07 Å². The largest absolute Gasteiger partial charge is 0.370 e. The maximum Gasteiger partial charge on any atom is 0.0844 e. The Kier molecular flexibility index (Phi) is 3.86. The molecule has 1 aliphatic heterocycles. The Balaban J connectivity index is 1.45. The van der Waals surface area contributed by atoms with Crippen LogP contribution in [0.2, 0.25) is 24.7 Å². The van der Waals surface area contributed by atoms with Gasteiger partial charge in [0.25, 0.3) is 0 Å². The molecule has 2 saturated carbocycles. The maximum absolute atomic E-state index is 5.67. The zero-order chi connectivity index (χ0) is 12.6. The lowest BCUT2D eigenvalue weighted by Crippen LogP contribution is -2.34. The summed E-state index contributed by atoms with van der Waals surface area (Å²) in [6.07, 6.45) is 14.7. The number of rotatable bonds is 4. The second kappa shape index (κ2) is 5.28. The van der Waals surface area contributed by atoms with Gasteiger partial charge in [-0.3, -0.25) is 0 Å². The van der Waals surface area contributed by atoms with E-state index in [-0.39, 0.29) is 0 Å². The molecule has 104 valence electrons. The third-order valence-corrected chi connectivity index (χ3v) is 10.4. The highest BCUT2D eigenvalue weighted by Crippen LogP contribution is 2.44. The second-order valence-corrected chi connectivity index (χ2v) is 13.0. The molecule has 3 rings (SSSR count). The summed E-state index contributed by atoms with van der Waals surface area (Å²) in [4.78, 5) is 0. The summed E-state index contributed by atoms with van der Waals surface area (Å²) < 4.78 is 5.67. The van der Waals surface area contributed by atoms with E-state index in [0.717, 1.165) is 11.5 Å². The van der Waals surface area contributed by atoms with Crippen molar-refractivity contribution in [2.45, 2.75) is 94.7 Å². The molecule has 0 aromatic heterocycles. The van der Waals surface area contributed by atoms with Gasteiger partial charge in [0.15, 0.2) is 0 Å². The predicted octanol–water partition coefficient (Wildman–Crippen LogP) is 4.99. The third-order valence-electron chi connectivity index (χ3n) is 6.02. The van der Waals surface area contributed by atoms with Crippen molar-refractivity contribution < 1.29 is 4.74 Å². The minimum atomic E-state index is -0.936. The molecule has 3 fully saturated rings. The molecule has 1 heterocycles. The molecule has 3 atom stereocenters. The van der Waals surface area contributed by atoms with Crippen LogP contribution in [0.15, 0.2) is 0 Å². The van der Waals surface area contributed by atoms with Crippen molar-refractivity contribution in [3.05, 3.63) is 0 Å². The van der Waals surface area contributed by atoms with Crippen LogP contribution >= 0.6 is 0 Å². The molecular formula is C16H30OSi. The summed E-state index contributed by atoms with van der Waals surface area (Å²) in [7, 11) is -0.936. The molecule has 1 saturated heterocycles. The first kappa shape index (κ1) is 13.2. The summed E-state index contributed by atoms with van der Waals surface area (Å²) in [6.45, 7) is 5.34. The molecule has 18 heavy (non-hydrogen) atoms. The number of hydrogen-bond donors (Lipinski definition) is 0. The summed E-state index contributed by atoms with van der Waals surface area (Å²) >= 11 is 0. The molecule has 1 nitrogen and oxygen atoms in total. The monoisotopic (exact) mass is 266 g/mol. The predicted molar refractivity (Wildman–Crippen MR) is 79.7 cm³/mol. The summed E-state index contributed by atoms with van der Waals surface area (Å²) in [5.74, 6) is 1.00. The molecule has 0 aromatic rings. The second-order valence-electron chi connectivity index (χ2n) is 7.75. The van der Waals surface area contributed by atoms with Gasteiger partial charge < -0.3 is 4.74 Å². The molecule has 3 aliphatic rings. The lowest BCUT2D eigenvalue weighted by molar-refractivity contribution is 0.356.